The number of nitrogens with one attached hydrogen (secondary N) is 3. The van der Waals surface area contributed by atoms with Gasteiger partial charge in [-0.2, -0.15) is 10.1 Å². The number of carbonyl (C=O) groups excluding carboxylic acids is 1. The lowest BCUT2D eigenvalue weighted by atomic mass is 10.2. The van der Waals surface area contributed by atoms with E-state index in [2.05, 4.69) is 31.1 Å². The Morgan fingerprint density at radius 3 is 2.78 bits per heavy atom. The SMILES string of the molecule is CC(=O)Nc1cccc(Nc2nncc(NC3CCCC3)n2)c1. The van der Waals surface area contributed by atoms with Crippen molar-refractivity contribution >= 4 is 29.0 Å². The van der Waals surface area contributed by atoms with Gasteiger partial charge < -0.3 is 16.0 Å². The molecular weight excluding hydrogens is 292 g/mol. The number of anilines is 4. The second kappa shape index (κ2) is 7.04. The van der Waals surface area contributed by atoms with Gasteiger partial charge >= 0.3 is 0 Å². The topological polar surface area (TPSA) is 91.8 Å². The summed E-state index contributed by atoms with van der Waals surface area (Å²) in [5, 5.41) is 17.2. The number of carbonyl (C=O) groups is 1. The third-order valence-electron chi connectivity index (χ3n) is 3.71. The number of hydrogen-bond acceptors (Lipinski definition) is 6. The van der Waals surface area contributed by atoms with E-state index in [1.54, 1.807) is 6.20 Å². The van der Waals surface area contributed by atoms with Crippen LogP contribution in [0.5, 0.6) is 0 Å². The van der Waals surface area contributed by atoms with Gasteiger partial charge in [-0.1, -0.05) is 18.9 Å². The molecule has 0 unspecified atom stereocenters. The summed E-state index contributed by atoms with van der Waals surface area (Å²) in [5.74, 6) is 1.04. The number of hydrogen-bond donors (Lipinski definition) is 3. The Morgan fingerprint density at radius 2 is 2.00 bits per heavy atom. The first kappa shape index (κ1) is 15.2. The molecule has 1 heterocycles. The smallest absolute Gasteiger partial charge is 0.249 e. The number of benzene rings is 1. The van der Waals surface area contributed by atoms with Crippen LogP contribution >= 0.6 is 0 Å². The average Bonchev–Trinajstić information content (AvgIpc) is 3.00. The van der Waals surface area contributed by atoms with E-state index in [0.717, 1.165) is 17.2 Å². The molecule has 7 nitrogen and oxygen atoms in total. The summed E-state index contributed by atoms with van der Waals surface area (Å²) in [7, 11) is 0. The maximum atomic E-state index is 11.1. The maximum absolute atomic E-state index is 11.1. The van der Waals surface area contributed by atoms with Gasteiger partial charge in [-0.25, -0.2) is 0 Å². The Bertz CT molecular complexity index is 684. The summed E-state index contributed by atoms with van der Waals surface area (Å²) in [6.45, 7) is 1.48. The highest BCUT2D eigenvalue weighted by Crippen LogP contribution is 2.22. The third-order valence-corrected chi connectivity index (χ3v) is 3.71. The fourth-order valence-corrected chi connectivity index (χ4v) is 2.71. The van der Waals surface area contributed by atoms with Crippen molar-refractivity contribution in [1.29, 1.82) is 0 Å². The van der Waals surface area contributed by atoms with Crippen LogP contribution in [0.4, 0.5) is 23.1 Å². The monoisotopic (exact) mass is 312 g/mol. The third kappa shape index (κ3) is 4.38. The lowest BCUT2D eigenvalue weighted by molar-refractivity contribution is -0.114. The van der Waals surface area contributed by atoms with Crippen molar-refractivity contribution in [3.05, 3.63) is 30.5 Å². The van der Waals surface area contributed by atoms with Crippen LogP contribution in [-0.4, -0.2) is 27.1 Å². The van der Waals surface area contributed by atoms with Crippen LogP contribution in [0.15, 0.2) is 30.5 Å². The van der Waals surface area contributed by atoms with Crippen LogP contribution in [0.25, 0.3) is 0 Å². The molecule has 1 aromatic heterocycles. The molecule has 1 saturated carbocycles. The summed E-state index contributed by atoms with van der Waals surface area (Å²) < 4.78 is 0. The highest BCUT2D eigenvalue weighted by Gasteiger charge is 2.15. The summed E-state index contributed by atoms with van der Waals surface area (Å²) in [6.07, 6.45) is 6.50. The molecule has 3 N–H and O–H groups in total. The minimum absolute atomic E-state index is 0.108. The van der Waals surface area contributed by atoms with Crippen molar-refractivity contribution < 1.29 is 4.79 Å². The first-order chi connectivity index (χ1) is 11.2. The average molecular weight is 312 g/mol. The van der Waals surface area contributed by atoms with Crippen LogP contribution in [-0.2, 0) is 4.79 Å². The molecule has 1 amide bonds. The van der Waals surface area contributed by atoms with E-state index < -0.39 is 0 Å². The molecule has 1 aliphatic rings. The molecule has 3 rings (SSSR count). The molecule has 7 heteroatoms. The van der Waals surface area contributed by atoms with Crippen molar-refractivity contribution in [2.75, 3.05) is 16.0 Å². The Kier molecular flexibility index (Phi) is 4.65. The lowest BCUT2D eigenvalue weighted by Crippen LogP contribution is -2.16. The Balaban J connectivity index is 1.68. The summed E-state index contributed by atoms with van der Waals surface area (Å²) in [4.78, 5) is 15.6. The van der Waals surface area contributed by atoms with Gasteiger partial charge in [0.15, 0.2) is 5.82 Å². The summed E-state index contributed by atoms with van der Waals surface area (Å²) in [6, 6.07) is 7.85. The molecule has 0 aliphatic heterocycles. The van der Waals surface area contributed by atoms with Crippen LogP contribution in [0.1, 0.15) is 32.6 Å². The van der Waals surface area contributed by atoms with Gasteiger partial charge in [0, 0.05) is 24.3 Å². The Hall–Kier alpha value is -2.70. The molecule has 1 aliphatic carbocycles. The van der Waals surface area contributed by atoms with Crippen molar-refractivity contribution in [3.8, 4) is 0 Å². The van der Waals surface area contributed by atoms with E-state index >= 15 is 0 Å². The van der Waals surface area contributed by atoms with Crippen molar-refractivity contribution in [3.63, 3.8) is 0 Å². The Labute approximate surface area is 134 Å². The molecule has 1 fully saturated rings. The highest BCUT2D eigenvalue weighted by atomic mass is 16.1. The van der Waals surface area contributed by atoms with E-state index in [4.69, 9.17) is 0 Å². The van der Waals surface area contributed by atoms with Crippen LogP contribution in [0.2, 0.25) is 0 Å². The second-order valence-corrected chi connectivity index (χ2v) is 5.68. The number of aromatic nitrogens is 3. The summed E-state index contributed by atoms with van der Waals surface area (Å²) >= 11 is 0. The van der Waals surface area contributed by atoms with E-state index in [0.29, 0.717) is 12.0 Å². The van der Waals surface area contributed by atoms with Crippen LogP contribution in [0, 0.1) is 0 Å². The fourth-order valence-electron chi connectivity index (χ4n) is 2.71. The van der Waals surface area contributed by atoms with Crippen molar-refractivity contribution in [1.82, 2.24) is 15.2 Å². The Morgan fingerprint density at radius 1 is 1.22 bits per heavy atom. The molecule has 2 aromatic rings. The van der Waals surface area contributed by atoms with Gasteiger partial charge in [0.2, 0.25) is 11.9 Å². The van der Waals surface area contributed by atoms with Crippen LogP contribution < -0.4 is 16.0 Å². The van der Waals surface area contributed by atoms with E-state index in [-0.39, 0.29) is 5.91 Å². The van der Waals surface area contributed by atoms with Gasteiger partial charge in [-0.3, -0.25) is 4.79 Å². The number of amides is 1. The predicted molar refractivity (Wildman–Crippen MR) is 89.7 cm³/mol. The largest absolute Gasteiger partial charge is 0.366 e. The normalized spacial score (nSPS) is 14.5. The first-order valence-electron chi connectivity index (χ1n) is 7.80. The molecular formula is C16H20N6O. The number of rotatable bonds is 5. The maximum Gasteiger partial charge on any atom is 0.249 e. The standard InChI is InChI=1S/C16H20N6O/c1-11(23)18-13-7-4-8-14(9-13)20-16-21-15(10-17-22-16)19-12-5-2-3-6-12/h4,7-10,12H,2-3,5-6H2,1H3,(H,18,23)(H2,19,20,21,22). The van der Waals surface area contributed by atoms with Crippen LogP contribution in [0.3, 0.4) is 0 Å². The molecule has 0 spiro atoms. The summed E-state index contributed by atoms with van der Waals surface area (Å²) in [5.41, 5.74) is 1.51. The van der Waals surface area contributed by atoms with Crippen molar-refractivity contribution in [2.24, 2.45) is 0 Å². The first-order valence-corrected chi connectivity index (χ1v) is 7.80. The lowest BCUT2D eigenvalue weighted by Gasteiger charge is -2.13. The highest BCUT2D eigenvalue weighted by molar-refractivity contribution is 5.89. The fraction of sp³-hybridized carbons (Fsp3) is 0.375. The van der Waals surface area contributed by atoms with Gasteiger partial charge in [0.05, 0.1) is 6.20 Å². The molecule has 0 saturated heterocycles. The quantitative estimate of drug-likeness (QED) is 0.786. The second-order valence-electron chi connectivity index (χ2n) is 5.68. The zero-order valence-electron chi connectivity index (χ0n) is 13.0. The molecule has 0 radical (unpaired) electrons. The van der Waals surface area contributed by atoms with E-state index in [9.17, 15) is 4.79 Å². The molecule has 120 valence electrons. The minimum atomic E-state index is -0.108. The van der Waals surface area contributed by atoms with Gasteiger partial charge in [-0.15, -0.1) is 5.10 Å². The molecule has 0 atom stereocenters. The number of nitrogens with zero attached hydrogens (tertiary/aromatic N) is 3. The van der Waals surface area contributed by atoms with E-state index in [1.165, 1.54) is 32.6 Å². The van der Waals surface area contributed by atoms with Gasteiger partial charge in [0.25, 0.3) is 0 Å². The zero-order valence-corrected chi connectivity index (χ0v) is 13.0. The van der Waals surface area contributed by atoms with E-state index in [1.807, 2.05) is 24.3 Å². The zero-order chi connectivity index (χ0) is 16.1. The minimum Gasteiger partial charge on any atom is -0.366 e. The molecule has 0 bridgehead atoms. The van der Waals surface area contributed by atoms with Gasteiger partial charge in [-0.05, 0) is 31.0 Å². The van der Waals surface area contributed by atoms with Crippen molar-refractivity contribution in [2.45, 2.75) is 38.6 Å². The molecule has 23 heavy (non-hydrogen) atoms. The predicted octanol–water partition coefficient (Wildman–Crippen LogP) is 2.93. The molecule has 1 aromatic carbocycles. The van der Waals surface area contributed by atoms with Gasteiger partial charge in [0.1, 0.15) is 0 Å².